The summed E-state index contributed by atoms with van der Waals surface area (Å²) in [5, 5.41) is 17.1. The van der Waals surface area contributed by atoms with Gasteiger partial charge < -0.3 is 10.1 Å². The number of aromatic nitrogens is 2. The first kappa shape index (κ1) is 21.7. The SMILES string of the molecule is CCOc1ccc(NC(=O)CCn2nc(C(F)(F)F)c(Br)c2C)c([N+](=O)[O-])c1. The zero-order valence-corrected chi connectivity index (χ0v) is 16.4. The quantitative estimate of drug-likeness (QED) is 0.486. The number of carbonyl (C=O) groups is 1. The number of hydrogen-bond donors (Lipinski definition) is 1. The summed E-state index contributed by atoms with van der Waals surface area (Å²) in [5.41, 5.74) is -1.25. The number of alkyl halides is 3. The maximum Gasteiger partial charge on any atom is 0.436 e. The summed E-state index contributed by atoms with van der Waals surface area (Å²) >= 11 is 2.85. The smallest absolute Gasteiger partial charge is 0.436 e. The van der Waals surface area contributed by atoms with Crippen LogP contribution in [-0.4, -0.2) is 27.2 Å². The van der Waals surface area contributed by atoms with E-state index in [9.17, 15) is 28.1 Å². The summed E-state index contributed by atoms with van der Waals surface area (Å²) in [6.07, 6.45) is -4.85. The molecule has 0 fully saturated rings. The molecule has 2 rings (SSSR count). The Morgan fingerprint density at radius 1 is 1.43 bits per heavy atom. The average molecular weight is 465 g/mol. The Morgan fingerprint density at radius 3 is 2.64 bits per heavy atom. The third-order valence-electron chi connectivity index (χ3n) is 3.70. The van der Waals surface area contributed by atoms with Gasteiger partial charge in [-0.05, 0) is 41.9 Å². The van der Waals surface area contributed by atoms with E-state index in [0.29, 0.717) is 6.61 Å². The summed E-state index contributed by atoms with van der Waals surface area (Å²) in [7, 11) is 0. The van der Waals surface area contributed by atoms with Gasteiger partial charge >= 0.3 is 6.18 Å². The van der Waals surface area contributed by atoms with Gasteiger partial charge in [-0.25, -0.2) is 0 Å². The number of nitro groups is 1. The van der Waals surface area contributed by atoms with Crippen molar-refractivity contribution in [1.29, 1.82) is 0 Å². The van der Waals surface area contributed by atoms with Gasteiger partial charge in [-0.3, -0.25) is 19.6 Å². The molecule has 1 N–H and O–H groups in total. The molecule has 0 saturated heterocycles. The fourth-order valence-corrected chi connectivity index (χ4v) is 2.88. The van der Waals surface area contributed by atoms with Gasteiger partial charge in [-0.2, -0.15) is 18.3 Å². The second-order valence-corrected chi connectivity index (χ2v) is 6.43. The predicted molar refractivity (Wildman–Crippen MR) is 97.2 cm³/mol. The van der Waals surface area contributed by atoms with Crippen molar-refractivity contribution in [3.8, 4) is 5.75 Å². The van der Waals surface area contributed by atoms with Crippen molar-refractivity contribution in [2.75, 3.05) is 11.9 Å². The molecule has 0 bridgehead atoms. The molecule has 1 amide bonds. The Hall–Kier alpha value is -2.63. The average Bonchev–Trinajstić information content (AvgIpc) is 2.89. The van der Waals surface area contributed by atoms with Crippen LogP contribution in [0.3, 0.4) is 0 Å². The minimum Gasteiger partial charge on any atom is -0.494 e. The highest BCUT2D eigenvalue weighted by atomic mass is 79.9. The van der Waals surface area contributed by atoms with Gasteiger partial charge in [0.1, 0.15) is 11.4 Å². The lowest BCUT2D eigenvalue weighted by Gasteiger charge is -2.09. The van der Waals surface area contributed by atoms with Gasteiger partial charge in [-0.15, -0.1) is 0 Å². The van der Waals surface area contributed by atoms with Crippen LogP contribution in [0, 0.1) is 17.0 Å². The van der Waals surface area contributed by atoms with Crippen LogP contribution in [-0.2, 0) is 17.5 Å². The molecular weight excluding hydrogens is 449 g/mol. The molecule has 28 heavy (non-hydrogen) atoms. The van der Waals surface area contributed by atoms with Crippen LogP contribution in [0.4, 0.5) is 24.5 Å². The van der Waals surface area contributed by atoms with Crippen LogP contribution in [0.2, 0.25) is 0 Å². The van der Waals surface area contributed by atoms with Gasteiger partial charge in [0.15, 0.2) is 5.69 Å². The minimum atomic E-state index is -4.62. The van der Waals surface area contributed by atoms with E-state index in [1.165, 1.54) is 25.1 Å². The van der Waals surface area contributed by atoms with E-state index in [4.69, 9.17) is 4.74 Å². The van der Waals surface area contributed by atoms with Crippen LogP contribution in [0.5, 0.6) is 5.75 Å². The predicted octanol–water partition coefficient (Wildman–Crippen LogP) is 4.31. The first-order valence-corrected chi connectivity index (χ1v) is 8.85. The fraction of sp³-hybridized carbons (Fsp3) is 0.375. The number of anilines is 1. The topological polar surface area (TPSA) is 99.3 Å². The number of halogens is 4. The number of benzene rings is 1. The molecule has 0 spiro atoms. The van der Waals surface area contributed by atoms with Crippen molar-refractivity contribution in [3.63, 3.8) is 0 Å². The third-order valence-corrected chi connectivity index (χ3v) is 4.65. The molecule has 0 atom stereocenters. The van der Waals surface area contributed by atoms with E-state index in [1.54, 1.807) is 6.92 Å². The molecule has 0 aliphatic carbocycles. The Kier molecular flexibility index (Phi) is 6.65. The number of hydrogen-bond acceptors (Lipinski definition) is 5. The lowest BCUT2D eigenvalue weighted by Crippen LogP contribution is -2.17. The fourth-order valence-electron chi connectivity index (χ4n) is 2.37. The highest BCUT2D eigenvalue weighted by Crippen LogP contribution is 2.35. The monoisotopic (exact) mass is 464 g/mol. The Labute approximate surface area is 165 Å². The second-order valence-electron chi connectivity index (χ2n) is 5.64. The number of rotatable bonds is 7. The zero-order chi connectivity index (χ0) is 21.1. The summed E-state index contributed by atoms with van der Waals surface area (Å²) in [6.45, 7) is 3.35. The molecule has 1 heterocycles. The molecule has 0 saturated carbocycles. The molecule has 2 aromatic rings. The largest absolute Gasteiger partial charge is 0.494 e. The van der Waals surface area contributed by atoms with Gasteiger partial charge in [0.05, 0.1) is 34.3 Å². The Bertz CT molecular complexity index is 899. The van der Waals surface area contributed by atoms with E-state index in [1.807, 2.05) is 0 Å². The maximum absolute atomic E-state index is 12.9. The number of nitro benzene ring substituents is 1. The van der Waals surface area contributed by atoms with Crippen molar-refractivity contribution in [2.24, 2.45) is 0 Å². The number of aryl methyl sites for hydroxylation is 1. The van der Waals surface area contributed by atoms with Crippen LogP contribution in [0.15, 0.2) is 22.7 Å². The Morgan fingerprint density at radius 2 is 2.11 bits per heavy atom. The van der Waals surface area contributed by atoms with Gasteiger partial charge in [0.2, 0.25) is 5.91 Å². The maximum atomic E-state index is 12.9. The van der Waals surface area contributed by atoms with Crippen molar-refractivity contribution < 1.29 is 27.6 Å². The summed E-state index contributed by atoms with van der Waals surface area (Å²) < 4.78 is 44.7. The van der Waals surface area contributed by atoms with Crippen LogP contribution in [0.1, 0.15) is 24.7 Å². The lowest BCUT2D eigenvalue weighted by molar-refractivity contribution is -0.384. The summed E-state index contributed by atoms with van der Waals surface area (Å²) in [5.74, 6) is -0.323. The van der Waals surface area contributed by atoms with Gasteiger partial charge in [-0.1, -0.05) is 0 Å². The normalized spacial score (nSPS) is 11.4. The van der Waals surface area contributed by atoms with Crippen LogP contribution < -0.4 is 10.1 Å². The third kappa shape index (κ3) is 5.00. The number of amides is 1. The minimum absolute atomic E-state index is 0.0344. The molecule has 0 aliphatic heterocycles. The molecule has 0 radical (unpaired) electrons. The molecule has 0 aliphatic rings. The Balaban J connectivity index is 2.10. The molecule has 1 aromatic carbocycles. The highest BCUT2D eigenvalue weighted by molar-refractivity contribution is 9.10. The van der Waals surface area contributed by atoms with Crippen molar-refractivity contribution in [2.45, 2.75) is 33.0 Å². The van der Waals surface area contributed by atoms with Crippen molar-refractivity contribution in [1.82, 2.24) is 9.78 Å². The molecule has 0 unspecified atom stereocenters. The van der Waals surface area contributed by atoms with E-state index in [2.05, 4.69) is 26.3 Å². The highest BCUT2D eigenvalue weighted by Gasteiger charge is 2.37. The van der Waals surface area contributed by atoms with Crippen LogP contribution in [0.25, 0.3) is 0 Å². The summed E-state index contributed by atoms with van der Waals surface area (Å²) in [4.78, 5) is 22.7. The zero-order valence-electron chi connectivity index (χ0n) is 14.8. The molecule has 12 heteroatoms. The first-order chi connectivity index (χ1) is 13.0. The molecule has 152 valence electrons. The van der Waals surface area contributed by atoms with Crippen LogP contribution >= 0.6 is 15.9 Å². The van der Waals surface area contributed by atoms with Crippen molar-refractivity contribution >= 4 is 33.2 Å². The molecule has 8 nitrogen and oxygen atoms in total. The number of nitrogens with one attached hydrogen (secondary N) is 1. The van der Waals surface area contributed by atoms with E-state index in [0.717, 1.165) is 4.68 Å². The standard InChI is InChI=1S/C16H16BrF3N4O4/c1-3-28-10-4-5-11(12(8-10)24(26)27)21-13(25)6-7-23-9(2)14(17)15(22-23)16(18,19)20/h4-5,8H,3,6-7H2,1-2H3,(H,21,25). The number of nitrogens with zero attached hydrogens (tertiary/aromatic N) is 3. The molecule has 1 aromatic heterocycles. The van der Waals surface area contributed by atoms with Crippen molar-refractivity contribution in [3.05, 3.63) is 44.2 Å². The first-order valence-electron chi connectivity index (χ1n) is 8.05. The number of carbonyl (C=O) groups excluding carboxylic acids is 1. The van der Waals surface area contributed by atoms with Gasteiger partial charge in [0.25, 0.3) is 5.69 Å². The number of ether oxygens (including phenoxy) is 1. The van der Waals surface area contributed by atoms with E-state index >= 15 is 0 Å². The van der Waals surface area contributed by atoms with Gasteiger partial charge in [0, 0.05) is 6.42 Å². The molecular formula is C16H16BrF3N4O4. The van der Waals surface area contributed by atoms with E-state index < -0.39 is 22.7 Å². The second kappa shape index (κ2) is 8.59. The van der Waals surface area contributed by atoms with E-state index in [-0.39, 0.29) is 40.3 Å². The summed E-state index contributed by atoms with van der Waals surface area (Å²) in [6, 6.07) is 3.98. The lowest BCUT2D eigenvalue weighted by atomic mass is 10.2.